The third-order valence-corrected chi connectivity index (χ3v) is 3.33. The lowest BCUT2D eigenvalue weighted by Crippen LogP contribution is -2.31. The molecular weight excluding hydrogens is 262 g/mol. The molecule has 1 N–H and O–H groups in total. The SMILES string of the molecule is CCC(C)NC(=O)c1cccc(OCc2ccccc2)c1. The van der Waals surface area contributed by atoms with E-state index in [1.54, 1.807) is 12.1 Å². The molecule has 110 valence electrons. The molecule has 3 nitrogen and oxygen atoms in total. The zero-order valence-electron chi connectivity index (χ0n) is 12.5. The zero-order valence-corrected chi connectivity index (χ0v) is 12.5. The van der Waals surface area contributed by atoms with Gasteiger partial charge in [-0.1, -0.05) is 43.3 Å². The molecule has 2 aromatic carbocycles. The van der Waals surface area contributed by atoms with Crippen molar-refractivity contribution in [1.82, 2.24) is 5.32 Å². The van der Waals surface area contributed by atoms with Crippen LogP contribution in [-0.2, 0) is 6.61 Å². The van der Waals surface area contributed by atoms with Gasteiger partial charge in [-0.2, -0.15) is 0 Å². The summed E-state index contributed by atoms with van der Waals surface area (Å²) >= 11 is 0. The van der Waals surface area contributed by atoms with Crippen LogP contribution in [0.2, 0.25) is 0 Å². The van der Waals surface area contributed by atoms with Crippen molar-refractivity contribution >= 4 is 5.91 Å². The number of amides is 1. The van der Waals surface area contributed by atoms with Gasteiger partial charge in [0.15, 0.2) is 0 Å². The second-order valence-corrected chi connectivity index (χ2v) is 5.08. The Morgan fingerprint density at radius 1 is 1.14 bits per heavy atom. The lowest BCUT2D eigenvalue weighted by atomic mass is 10.1. The Labute approximate surface area is 126 Å². The summed E-state index contributed by atoms with van der Waals surface area (Å²) in [6, 6.07) is 17.4. The van der Waals surface area contributed by atoms with Crippen molar-refractivity contribution in [1.29, 1.82) is 0 Å². The predicted octanol–water partition coefficient (Wildman–Crippen LogP) is 3.79. The van der Waals surface area contributed by atoms with E-state index in [9.17, 15) is 4.79 Å². The van der Waals surface area contributed by atoms with Gasteiger partial charge in [-0.3, -0.25) is 4.79 Å². The van der Waals surface area contributed by atoms with Crippen LogP contribution in [0.1, 0.15) is 36.2 Å². The second-order valence-electron chi connectivity index (χ2n) is 5.08. The molecule has 3 heteroatoms. The molecule has 2 aromatic rings. The van der Waals surface area contributed by atoms with Crippen molar-refractivity contribution in [2.45, 2.75) is 32.9 Å². The number of hydrogen-bond acceptors (Lipinski definition) is 2. The molecule has 1 amide bonds. The lowest BCUT2D eigenvalue weighted by Gasteiger charge is -2.12. The smallest absolute Gasteiger partial charge is 0.251 e. The highest BCUT2D eigenvalue weighted by Crippen LogP contribution is 2.15. The quantitative estimate of drug-likeness (QED) is 0.876. The maximum absolute atomic E-state index is 12.1. The van der Waals surface area contributed by atoms with Crippen LogP contribution < -0.4 is 10.1 Å². The van der Waals surface area contributed by atoms with Crippen LogP contribution >= 0.6 is 0 Å². The molecule has 0 aliphatic rings. The maximum Gasteiger partial charge on any atom is 0.251 e. The Balaban J connectivity index is 1.99. The summed E-state index contributed by atoms with van der Waals surface area (Å²) in [5, 5.41) is 2.95. The van der Waals surface area contributed by atoms with E-state index >= 15 is 0 Å². The van der Waals surface area contributed by atoms with Crippen LogP contribution in [0.4, 0.5) is 0 Å². The topological polar surface area (TPSA) is 38.3 Å². The minimum atomic E-state index is -0.0606. The third kappa shape index (κ3) is 4.63. The van der Waals surface area contributed by atoms with Crippen molar-refractivity contribution < 1.29 is 9.53 Å². The summed E-state index contributed by atoms with van der Waals surface area (Å²) in [7, 11) is 0. The number of rotatable bonds is 6. The molecule has 1 atom stereocenters. The van der Waals surface area contributed by atoms with Crippen molar-refractivity contribution in [3.05, 3.63) is 65.7 Å². The highest BCUT2D eigenvalue weighted by molar-refractivity contribution is 5.94. The van der Waals surface area contributed by atoms with Crippen molar-refractivity contribution in [3.8, 4) is 5.75 Å². The van der Waals surface area contributed by atoms with Gasteiger partial charge >= 0.3 is 0 Å². The lowest BCUT2D eigenvalue weighted by molar-refractivity contribution is 0.0939. The third-order valence-electron chi connectivity index (χ3n) is 3.33. The Morgan fingerprint density at radius 2 is 1.90 bits per heavy atom. The molecule has 2 rings (SSSR count). The first-order valence-corrected chi connectivity index (χ1v) is 7.26. The molecule has 0 saturated carbocycles. The van der Waals surface area contributed by atoms with E-state index in [0.717, 1.165) is 12.0 Å². The second kappa shape index (κ2) is 7.48. The molecule has 0 heterocycles. The number of nitrogens with one attached hydrogen (secondary N) is 1. The fourth-order valence-electron chi connectivity index (χ4n) is 1.88. The number of carbonyl (C=O) groups excluding carboxylic acids is 1. The first-order chi connectivity index (χ1) is 10.2. The summed E-state index contributed by atoms with van der Waals surface area (Å²) in [6.07, 6.45) is 0.913. The van der Waals surface area contributed by atoms with Gasteiger partial charge in [0.2, 0.25) is 0 Å². The van der Waals surface area contributed by atoms with Gasteiger partial charge < -0.3 is 10.1 Å². The zero-order chi connectivity index (χ0) is 15.1. The van der Waals surface area contributed by atoms with Crippen LogP contribution in [0.25, 0.3) is 0 Å². The first kappa shape index (κ1) is 15.1. The molecule has 0 aromatic heterocycles. The van der Waals surface area contributed by atoms with Crippen LogP contribution in [-0.4, -0.2) is 11.9 Å². The van der Waals surface area contributed by atoms with Gasteiger partial charge in [-0.25, -0.2) is 0 Å². The number of ether oxygens (including phenoxy) is 1. The summed E-state index contributed by atoms with van der Waals surface area (Å²) in [4.78, 5) is 12.1. The van der Waals surface area contributed by atoms with Crippen LogP contribution in [0.5, 0.6) is 5.75 Å². The van der Waals surface area contributed by atoms with Gasteiger partial charge in [-0.05, 0) is 37.1 Å². The standard InChI is InChI=1S/C18H21NO2/c1-3-14(2)19-18(20)16-10-7-11-17(12-16)21-13-15-8-5-4-6-9-15/h4-12,14H,3,13H2,1-2H3,(H,19,20). The van der Waals surface area contributed by atoms with Crippen LogP contribution in [0.3, 0.4) is 0 Å². The average molecular weight is 283 g/mol. The van der Waals surface area contributed by atoms with Gasteiger partial charge in [0.1, 0.15) is 12.4 Å². The minimum Gasteiger partial charge on any atom is -0.489 e. The first-order valence-electron chi connectivity index (χ1n) is 7.26. The van der Waals surface area contributed by atoms with Gasteiger partial charge in [-0.15, -0.1) is 0 Å². The number of hydrogen-bond donors (Lipinski definition) is 1. The largest absolute Gasteiger partial charge is 0.489 e. The Hall–Kier alpha value is -2.29. The molecule has 0 radical (unpaired) electrons. The maximum atomic E-state index is 12.1. The normalized spacial score (nSPS) is 11.7. The Morgan fingerprint density at radius 3 is 2.62 bits per heavy atom. The monoisotopic (exact) mass is 283 g/mol. The Bertz CT molecular complexity index is 581. The van der Waals surface area contributed by atoms with Crippen molar-refractivity contribution in [3.63, 3.8) is 0 Å². The predicted molar refractivity (Wildman–Crippen MR) is 84.4 cm³/mol. The van der Waals surface area contributed by atoms with Gasteiger partial charge in [0.25, 0.3) is 5.91 Å². The van der Waals surface area contributed by atoms with Crippen molar-refractivity contribution in [2.24, 2.45) is 0 Å². The molecule has 0 spiro atoms. The van der Waals surface area contributed by atoms with Crippen molar-refractivity contribution in [2.75, 3.05) is 0 Å². The van der Waals surface area contributed by atoms with E-state index in [4.69, 9.17) is 4.74 Å². The number of carbonyl (C=O) groups is 1. The van der Waals surface area contributed by atoms with E-state index in [1.165, 1.54) is 0 Å². The van der Waals surface area contributed by atoms with E-state index in [-0.39, 0.29) is 11.9 Å². The van der Waals surface area contributed by atoms with E-state index in [2.05, 4.69) is 5.32 Å². The highest BCUT2D eigenvalue weighted by atomic mass is 16.5. The van der Waals surface area contributed by atoms with E-state index in [0.29, 0.717) is 17.9 Å². The molecule has 0 aliphatic heterocycles. The van der Waals surface area contributed by atoms with E-state index < -0.39 is 0 Å². The van der Waals surface area contributed by atoms with Crippen LogP contribution in [0.15, 0.2) is 54.6 Å². The highest BCUT2D eigenvalue weighted by Gasteiger charge is 2.09. The van der Waals surface area contributed by atoms with Gasteiger partial charge in [0, 0.05) is 11.6 Å². The van der Waals surface area contributed by atoms with Crippen LogP contribution in [0, 0.1) is 0 Å². The fraction of sp³-hybridized carbons (Fsp3) is 0.278. The molecule has 0 fully saturated rings. The summed E-state index contributed by atoms with van der Waals surface area (Å²) in [5.41, 5.74) is 1.73. The minimum absolute atomic E-state index is 0.0606. The molecule has 0 aliphatic carbocycles. The molecule has 1 unspecified atom stereocenters. The summed E-state index contributed by atoms with van der Waals surface area (Å²) in [6.45, 7) is 4.54. The van der Waals surface area contributed by atoms with E-state index in [1.807, 2.05) is 56.3 Å². The molecule has 0 saturated heterocycles. The summed E-state index contributed by atoms with van der Waals surface area (Å²) < 4.78 is 5.73. The average Bonchev–Trinajstić information content (AvgIpc) is 2.54. The van der Waals surface area contributed by atoms with Gasteiger partial charge in [0.05, 0.1) is 0 Å². The number of benzene rings is 2. The molecular formula is C18H21NO2. The molecule has 0 bridgehead atoms. The Kier molecular flexibility index (Phi) is 5.38. The molecule has 21 heavy (non-hydrogen) atoms. The fourth-order valence-corrected chi connectivity index (χ4v) is 1.88. The summed E-state index contributed by atoms with van der Waals surface area (Å²) in [5.74, 6) is 0.644.